The van der Waals surface area contributed by atoms with Crippen molar-refractivity contribution in [1.82, 2.24) is 4.98 Å². The van der Waals surface area contributed by atoms with Gasteiger partial charge >= 0.3 is 0 Å². The number of anilines is 1. The van der Waals surface area contributed by atoms with Gasteiger partial charge in [-0.2, -0.15) is 0 Å². The molecule has 1 saturated heterocycles. The summed E-state index contributed by atoms with van der Waals surface area (Å²) >= 11 is 0. The molecule has 0 saturated carbocycles. The summed E-state index contributed by atoms with van der Waals surface area (Å²) in [4.78, 5) is 6.72. The summed E-state index contributed by atoms with van der Waals surface area (Å²) in [5, 5.41) is 0. The molecule has 1 aromatic rings. The molecule has 0 aliphatic carbocycles. The second-order valence-corrected chi connectivity index (χ2v) is 4.36. The van der Waals surface area contributed by atoms with Crippen molar-refractivity contribution >= 4 is 5.82 Å². The van der Waals surface area contributed by atoms with Crippen LogP contribution in [0.2, 0.25) is 0 Å². The summed E-state index contributed by atoms with van der Waals surface area (Å²) < 4.78 is 5.68. The van der Waals surface area contributed by atoms with Crippen LogP contribution in [0.25, 0.3) is 0 Å². The number of ether oxygens (including phenoxy) is 1. The Morgan fingerprint density at radius 1 is 1.59 bits per heavy atom. The third-order valence-electron chi connectivity index (χ3n) is 3.22. The Bertz CT molecular complexity index is 350. The third kappa shape index (κ3) is 2.96. The molecule has 4 nitrogen and oxygen atoms in total. The van der Waals surface area contributed by atoms with Crippen LogP contribution in [0.5, 0.6) is 0 Å². The van der Waals surface area contributed by atoms with Crippen molar-refractivity contribution in [2.75, 3.05) is 24.6 Å². The van der Waals surface area contributed by atoms with Crippen LogP contribution < -0.4 is 10.6 Å². The van der Waals surface area contributed by atoms with E-state index in [9.17, 15) is 0 Å². The molecule has 1 aliphatic heterocycles. The molecule has 1 fully saturated rings. The fraction of sp³-hybridized carbons (Fsp3) is 0.615. The van der Waals surface area contributed by atoms with E-state index in [0.717, 1.165) is 37.5 Å². The van der Waals surface area contributed by atoms with Crippen molar-refractivity contribution in [3.8, 4) is 0 Å². The first-order chi connectivity index (χ1) is 8.35. The number of nitrogens with zero attached hydrogens (tertiary/aromatic N) is 2. The molecular formula is C13H21N3O. The third-order valence-corrected chi connectivity index (χ3v) is 3.22. The predicted octanol–water partition coefficient (Wildman–Crippen LogP) is 1.55. The molecule has 2 rings (SSSR count). The zero-order valence-corrected chi connectivity index (χ0v) is 10.4. The number of aromatic nitrogens is 1. The van der Waals surface area contributed by atoms with Gasteiger partial charge in [-0.3, -0.25) is 0 Å². The maximum Gasteiger partial charge on any atom is 0.133 e. The van der Waals surface area contributed by atoms with Crippen LogP contribution in [0.3, 0.4) is 0 Å². The zero-order valence-electron chi connectivity index (χ0n) is 10.4. The first kappa shape index (κ1) is 12.3. The molecule has 17 heavy (non-hydrogen) atoms. The molecule has 1 atom stereocenters. The van der Waals surface area contributed by atoms with Crippen LogP contribution in [-0.2, 0) is 11.3 Å². The van der Waals surface area contributed by atoms with Gasteiger partial charge in [-0.15, -0.1) is 0 Å². The summed E-state index contributed by atoms with van der Waals surface area (Å²) in [6.45, 7) is 5.42. The number of likely N-dealkylation sites (N-methyl/N-ethyl adjacent to an activating group) is 1. The summed E-state index contributed by atoms with van der Waals surface area (Å²) in [6, 6.07) is 3.98. The van der Waals surface area contributed by atoms with Gasteiger partial charge < -0.3 is 15.4 Å². The van der Waals surface area contributed by atoms with Gasteiger partial charge in [0.25, 0.3) is 0 Å². The zero-order chi connectivity index (χ0) is 12.1. The fourth-order valence-corrected chi connectivity index (χ4v) is 2.27. The Kier molecular flexibility index (Phi) is 4.34. The summed E-state index contributed by atoms with van der Waals surface area (Å²) in [5.74, 6) is 1.01. The van der Waals surface area contributed by atoms with Gasteiger partial charge in [-0.25, -0.2) is 4.98 Å². The van der Waals surface area contributed by atoms with Crippen LogP contribution >= 0.6 is 0 Å². The highest BCUT2D eigenvalue weighted by molar-refractivity contribution is 5.46. The SMILES string of the molecule is CCN(CC1CCCO1)c1ncccc1CN. The maximum absolute atomic E-state index is 5.75. The normalized spacial score (nSPS) is 19.5. The molecule has 1 unspecified atom stereocenters. The Labute approximate surface area is 103 Å². The van der Waals surface area contributed by atoms with Crippen LogP contribution in [0.4, 0.5) is 5.82 Å². The highest BCUT2D eigenvalue weighted by atomic mass is 16.5. The predicted molar refractivity (Wildman–Crippen MR) is 69.0 cm³/mol. The van der Waals surface area contributed by atoms with Crippen molar-refractivity contribution in [2.45, 2.75) is 32.4 Å². The Morgan fingerprint density at radius 3 is 3.12 bits per heavy atom. The molecule has 0 spiro atoms. The average Bonchev–Trinajstić information content (AvgIpc) is 2.89. The minimum absolute atomic E-state index is 0.350. The van der Waals surface area contributed by atoms with Crippen LogP contribution in [-0.4, -0.2) is 30.8 Å². The van der Waals surface area contributed by atoms with E-state index in [0.29, 0.717) is 12.6 Å². The summed E-state index contributed by atoms with van der Waals surface area (Å²) in [5.41, 5.74) is 6.86. The molecule has 0 radical (unpaired) electrons. The quantitative estimate of drug-likeness (QED) is 0.841. The highest BCUT2D eigenvalue weighted by Gasteiger charge is 2.20. The monoisotopic (exact) mass is 235 g/mol. The molecule has 1 aliphatic rings. The lowest BCUT2D eigenvalue weighted by molar-refractivity contribution is 0.115. The van der Waals surface area contributed by atoms with E-state index < -0.39 is 0 Å². The van der Waals surface area contributed by atoms with Crippen molar-refractivity contribution < 1.29 is 4.74 Å². The van der Waals surface area contributed by atoms with Gasteiger partial charge in [0, 0.05) is 38.0 Å². The lowest BCUT2D eigenvalue weighted by Crippen LogP contribution is -2.33. The second-order valence-electron chi connectivity index (χ2n) is 4.36. The molecule has 94 valence electrons. The molecule has 0 amide bonds. The van der Waals surface area contributed by atoms with Crippen molar-refractivity contribution in [3.63, 3.8) is 0 Å². The number of rotatable bonds is 5. The minimum Gasteiger partial charge on any atom is -0.376 e. The molecule has 0 aromatic carbocycles. The fourth-order valence-electron chi connectivity index (χ4n) is 2.27. The maximum atomic E-state index is 5.75. The van der Waals surface area contributed by atoms with Crippen LogP contribution in [0.15, 0.2) is 18.3 Å². The van der Waals surface area contributed by atoms with E-state index in [4.69, 9.17) is 10.5 Å². The Morgan fingerprint density at radius 2 is 2.47 bits per heavy atom. The van der Waals surface area contributed by atoms with E-state index >= 15 is 0 Å². The molecule has 1 aromatic heterocycles. The van der Waals surface area contributed by atoms with Gasteiger partial charge in [0.2, 0.25) is 0 Å². The van der Waals surface area contributed by atoms with E-state index in [2.05, 4.69) is 16.8 Å². The largest absolute Gasteiger partial charge is 0.376 e. The van der Waals surface area contributed by atoms with Gasteiger partial charge in [0.1, 0.15) is 5.82 Å². The molecule has 2 N–H and O–H groups in total. The lowest BCUT2D eigenvalue weighted by Gasteiger charge is -2.26. The lowest BCUT2D eigenvalue weighted by atomic mass is 10.2. The smallest absolute Gasteiger partial charge is 0.133 e. The van der Waals surface area contributed by atoms with Gasteiger partial charge in [-0.1, -0.05) is 6.07 Å². The Hall–Kier alpha value is -1.13. The van der Waals surface area contributed by atoms with E-state index in [1.165, 1.54) is 6.42 Å². The van der Waals surface area contributed by atoms with Crippen molar-refractivity contribution in [3.05, 3.63) is 23.9 Å². The van der Waals surface area contributed by atoms with Gasteiger partial charge in [0.05, 0.1) is 6.10 Å². The molecule has 4 heteroatoms. The number of nitrogens with two attached hydrogens (primary N) is 1. The number of hydrogen-bond donors (Lipinski definition) is 1. The highest BCUT2D eigenvalue weighted by Crippen LogP contribution is 2.20. The van der Waals surface area contributed by atoms with Gasteiger partial charge in [-0.05, 0) is 25.8 Å². The van der Waals surface area contributed by atoms with Crippen LogP contribution in [0.1, 0.15) is 25.3 Å². The van der Waals surface area contributed by atoms with Crippen LogP contribution in [0, 0.1) is 0 Å². The van der Waals surface area contributed by atoms with Crippen molar-refractivity contribution in [2.24, 2.45) is 5.73 Å². The number of pyridine rings is 1. The summed E-state index contributed by atoms with van der Waals surface area (Å²) in [7, 11) is 0. The average molecular weight is 235 g/mol. The molecule has 2 heterocycles. The van der Waals surface area contributed by atoms with Crippen molar-refractivity contribution in [1.29, 1.82) is 0 Å². The number of hydrogen-bond acceptors (Lipinski definition) is 4. The van der Waals surface area contributed by atoms with E-state index in [1.54, 1.807) is 0 Å². The molecular weight excluding hydrogens is 214 g/mol. The Balaban J connectivity index is 2.10. The van der Waals surface area contributed by atoms with Gasteiger partial charge in [0.15, 0.2) is 0 Å². The van der Waals surface area contributed by atoms with E-state index in [1.807, 2.05) is 18.3 Å². The topological polar surface area (TPSA) is 51.4 Å². The van der Waals surface area contributed by atoms with E-state index in [-0.39, 0.29) is 0 Å². The molecule has 0 bridgehead atoms. The first-order valence-electron chi connectivity index (χ1n) is 6.35. The standard InChI is InChI=1S/C13H21N3O/c1-2-16(10-12-6-4-8-17-12)13-11(9-14)5-3-7-15-13/h3,5,7,12H,2,4,6,8-10,14H2,1H3. The second kappa shape index (κ2) is 5.98. The first-order valence-corrected chi connectivity index (χ1v) is 6.35. The summed E-state index contributed by atoms with van der Waals surface area (Å²) in [6.07, 6.45) is 4.50. The minimum atomic E-state index is 0.350.